The van der Waals surface area contributed by atoms with Crippen molar-refractivity contribution in [1.29, 1.82) is 0 Å². The van der Waals surface area contributed by atoms with Crippen molar-refractivity contribution in [2.45, 2.75) is 39.2 Å². The molecule has 0 saturated carbocycles. The predicted octanol–water partition coefficient (Wildman–Crippen LogP) is 1.71. The van der Waals surface area contributed by atoms with Crippen LogP contribution in [0.15, 0.2) is 24.3 Å². The number of rotatable bonds is 9. The Bertz CT molecular complexity index is 567. The molecule has 0 aromatic heterocycles. The van der Waals surface area contributed by atoms with Crippen molar-refractivity contribution in [3.63, 3.8) is 0 Å². The van der Waals surface area contributed by atoms with E-state index in [4.69, 9.17) is 9.47 Å². The summed E-state index contributed by atoms with van der Waals surface area (Å²) in [5.41, 5.74) is 0.491. The third-order valence-electron chi connectivity index (χ3n) is 3.08. The minimum absolute atomic E-state index is 0.0137. The number of carboxylic acid groups (broad SMARTS) is 1. The molecular formula is C17H23NO6. The third-order valence-corrected chi connectivity index (χ3v) is 3.08. The van der Waals surface area contributed by atoms with E-state index in [0.29, 0.717) is 11.3 Å². The number of benzene rings is 1. The number of aliphatic carboxylic acids is 1. The Hall–Kier alpha value is -2.57. The summed E-state index contributed by atoms with van der Waals surface area (Å²) in [5.74, 6) is -2.57. The highest BCUT2D eigenvalue weighted by atomic mass is 16.5. The minimum atomic E-state index is -1.11. The number of amides is 1. The van der Waals surface area contributed by atoms with Crippen molar-refractivity contribution >= 4 is 17.8 Å². The zero-order chi connectivity index (χ0) is 18.1. The quantitative estimate of drug-likeness (QED) is 0.665. The van der Waals surface area contributed by atoms with Crippen LogP contribution in [0.5, 0.6) is 5.75 Å². The first-order valence-corrected chi connectivity index (χ1v) is 7.75. The summed E-state index contributed by atoms with van der Waals surface area (Å²) in [5, 5.41) is 11.7. The Morgan fingerprint density at radius 2 is 1.79 bits per heavy atom. The molecule has 0 fully saturated rings. The van der Waals surface area contributed by atoms with E-state index in [0.717, 1.165) is 0 Å². The van der Waals surface area contributed by atoms with E-state index in [1.807, 2.05) is 13.8 Å². The number of hydrogen-bond acceptors (Lipinski definition) is 5. The molecule has 132 valence electrons. The highest BCUT2D eigenvalue weighted by molar-refractivity contribution is 5.87. The lowest BCUT2D eigenvalue weighted by Crippen LogP contribution is -2.32. The molecule has 0 heterocycles. The summed E-state index contributed by atoms with van der Waals surface area (Å²) >= 11 is 0. The zero-order valence-corrected chi connectivity index (χ0v) is 14.1. The summed E-state index contributed by atoms with van der Waals surface area (Å²) < 4.78 is 10.2. The lowest BCUT2D eigenvalue weighted by Gasteiger charge is -2.14. The highest BCUT2D eigenvalue weighted by Gasteiger charge is 2.23. The molecule has 0 radical (unpaired) electrons. The monoisotopic (exact) mass is 337 g/mol. The van der Waals surface area contributed by atoms with Crippen LogP contribution in [0.1, 0.15) is 38.7 Å². The van der Waals surface area contributed by atoms with Crippen molar-refractivity contribution < 1.29 is 29.0 Å². The van der Waals surface area contributed by atoms with Gasteiger partial charge in [0.15, 0.2) is 0 Å². The molecule has 0 saturated heterocycles. The maximum absolute atomic E-state index is 11.8. The maximum atomic E-state index is 11.8. The number of carbonyl (C=O) groups is 3. The van der Waals surface area contributed by atoms with Crippen LogP contribution in [0.25, 0.3) is 0 Å². The molecule has 0 aliphatic rings. The molecular weight excluding hydrogens is 314 g/mol. The summed E-state index contributed by atoms with van der Waals surface area (Å²) in [7, 11) is 0. The van der Waals surface area contributed by atoms with Gasteiger partial charge in [-0.1, -0.05) is 12.1 Å². The molecule has 7 nitrogen and oxygen atoms in total. The van der Waals surface area contributed by atoms with Gasteiger partial charge in [0.25, 0.3) is 0 Å². The molecule has 2 N–H and O–H groups in total. The zero-order valence-electron chi connectivity index (χ0n) is 14.1. The Balaban J connectivity index is 2.68. The van der Waals surface area contributed by atoms with E-state index in [-0.39, 0.29) is 25.7 Å². The first-order chi connectivity index (χ1) is 11.3. The predicted molar refractivity (Wildman–Crippen MR) is 86.8 cm³/mol. The van der Waals surface area contributed by atoms with Gasteiger partial charge >= 0.3 is 11.9 Å². The second-order valence-corrected chi connectivity index (χ2v) is 5.41. The van der Waals surface area contributed by atoms with Gasteiger partial charge in [0.05, 0.1) is 18.6 Å². The van der Waals surface area contributed by atoms with Crippen molar-refractivity contribution in [2.75, 3.05) is 13.2 Å². The van der Waals surface area contributed by atoms with Crippen LogP contribution in [0.4, 0.5) is 0 Å². The lowest BCUT2D eigenvalue weighted by molar-refractivity contribution is -0.143. The number of ether oxygens (including phenoxy) is 2. The molecule has 1 aromatic rings. The van der Waals surface area contributed by atoms with Gasteiger partial charge in [-0.25, -0.2) is 0 Å². The Labute approximate surface area is 141 Å². The molecule has 0 unspecified atom stereocenters. The standard InChI is InChI=1S/C17H23NO6/c1-4-23-16(20)10-18-15(19)9-14(17(21)22)12-5-7-13(8-6-12)24-11(2)3/h5-8,11,14H,4,9-10H2,1-3H3,(H,18,19)(H,21,22)/t14-/m1/s1. The fraction of sp³-hybridized carbons (Fsp3) is 0.471. The van der Waals surface area contributed by atoms with Gasteiger partial charge in [-0.15, -0.1) is 0 Å². The van der Waals surface area contributed by atoms with Crippen LogP contribution in [0.3, 0.4) is 0 Å². The second-order valence-electron chi connectivity index (χ2n) is 5.41. The molecule has 1 rings (SSSR count). The number of carbonyl (C=O) groups excluding carboxylic acids is 2. The number of esters is 1. The number of nitrogens with one attached hydrogen (secondary N) is 1. The fourth-order valence-electron chi connectivity index (χ4n) is 2.04. The maximum Gasteiger partial charge on any atom is 0.325 e. The van der Waals surface area contributed by atoms with Crippen molar-refractivity contribution in [3.8, 4) is 5.75 Å². The second kappa shape index (κ2) is 9.54. The molecule has 0 aliphatic heterocycles. The molecule has 0 aliphatic carbocycles. The molecule has 1 atom stereocenters. The first kappa shape index (κ1) is 19.5. The van der Waals surface area contributed by atoms with Crippen LogP contribution in [0, 0.1) is 0 Å². The Kier molecular flexibility index (Phi) is 7.74. The normalized spacial score (nSPS) is 11.7. The van der Waals surface area contributed by atoms with E-state index in [2.05, 4.69) is 5.32 Å². The topological polar surface area (TPSA) is 102 Å². The smallest absolute Gasteiger partial charge is 0.325 e. The van der Waals surface area contributed by atoms with Gasteiger partial charge in [0.1, 0.15) is 12.3 Å². The molecule has 0 bridgehead atoms. The third kappa shape index (κ3) is 6.68. The van der Waals surface area contributed by atoms with Gasteiger partial charge in [-0.05, 0) is 38.5 Å². The van der Waals surface area contributed by atoms with Crippen LogP contribution in [-0.4, -0.2) is 42.2 Å². The van der Waals surface area contributed by atoms with Crippen LogP contribution >= 0.6 is 0 Å². The van der Waals surface area contributed by atoms with E-state index in [9.17, 15) is 19.5 Å². The van der Waals surface area contributed by atoms with E-state index < -0.39 is 23.8 Å². The number of hydrogen-bond donors (Lipinski definition) is 2. The van der Waals surface area contributed by atoms with Crippen molar-refractivity contribution in [2.24, 2.45) is 0 Å². The van der Waals surface area contributed by atoms with E-state index in [1.54, 1.807) is 31.2 Å². The minimum Gasteiger partial charge on any atom is -0.491 e. The van der Waals surface area contributed by atoms with Gasteiger partial charge in [-0.2, -0.15) is 0 Å². The average molecular weight is 337 g/mol. The van der Waals surface area contributed by atoms with Crippen LogP contribution < -0.4 is 10.1 Å². The van der Waals surface area contributed by atoms with Gasteiger partial charge in [-0.3, -0.25) is 14.4 Å². The van der Waals surface area contributed by atoms with Gasteiger partial charge in [0.2, 0.25) is 5.91 Å². The average Bonchev–Trinajstić information content (AvgIpc) is 2.51. The van der Waals surface area contributed by atoms with Crippen molar-refractivity contribution in [1.82, 2.24) is 5.32 Å². The van der Waals surface area contributed by atoms with Crippen molar-refractivity contribution in [3.05, 3.63) is 29.8 Å². The molecule has 1 aromatic carbocycles. The fourth-order valence-corrected chi connectivity index (χ4v) is 2.04. The summed E-state index contributed by atoms with van der Waals surface area (Å²) in [6, 6.07) is 6.58. The Morgan fingerprint density at radius 1 is 1.17 bits per heavy atom. The summed E-state index contributed by atoms with van der Waals surface area (Å²) in [4.78, 5) is 34.5. The molecule has 24 heavy (non-hydrogen) atoms. The van der Waals surface area contributed by atoms with Crippen LogP contribution in [0.2, 0.25) is 0 Å². The Morgan fingerprint density at radius 3 is 2.29 bits per heavy atom. The molecule has 1 amide bonds. The van der Waals surface area contributed by atoms with E-state index in [1.165, 1.54) is 0 Å². The lowest BCUT2D eigenvalue weighted by atomic mass is 9.95. The summed E-state index contributed by atoms with van der Waals surface area (Å²) in [6.07, 6.45) is -0.251. The van der Waals surface area contributed by atoms with Crippen LogP contribution in [-0.2, 0) is 19.1 Å². The highest BCUT2D eigenvalue weighted by Crippen LogP contribution is 2.23. The first-order valence-electron chi connectivity index (χ1n) is 7.75. The van der Waals surface area contributed by atoms with Gasteiger partial charge < -0.3 is 19.9 Å². The summed E-state index contributed by atoms with van der Waals surface area (Å²) in [6.45, 7) is 5.38. The molecule has 7 heteroatoms. The number of carboxylic acids is 1. The SMILES string of the molecule is CCOC(=O)CNC(=O)C[C@@H](C(=O)O)c1ccc(OC(C)C)cc1. The largest absolute Gasteiger partial charge is 0.491 e. The van der Waals surface area contributed by atoms with Gasteiger partial charge in [0, 0.05) is 6.42 Å². The van der Waals surface area contributed by atoms with E-state index >= 15 is 0 Å². The molecule has 0 spiro atoms.